The van der Waals surface area contributed by atoms with Gasteiger partial charge in [0.15, 0.2) is 0 Å². The van der Waals surface area contributed by atoms with Gasteiger partial charge in [-0.3, -0.25) is 4.79 Å². The third-order valence-corrected chi connectivity index (χ3v) is 4.03. The molecule has 0 atom stereocenters. The first-order chi connectivity index (χ1) is 10.9. The maximum Gasteiger partial charge on any atom is 0.255 e. The van der Waals surface area contributed by atoms with Gasteiger partial charge in [-0.15, -0.1) is 0 Å². The Balaban J connectivity index is 2.18. The van der Waals surface area contributed by atoms with Gasteiger partial charge in [0.2, 0.25) is 0 Å². The first kappa shape index (κ1) is 17.7. The summed E-state index contributed by atoms with van der Waals surface area (Å²) < 4.78 is 5.48. The van der Waals surface area contributed by atoms with E-state index in [1.165, 1.54) is 12.1 Å². The number of carbonyl (C=O) groups excluding carboxylic acids is 1. The van der Waals surface area contributed by atoms with Crippen molar-refractivity contribution in [2.75, 3.05) is 17.7 Å². The van der Waals surface area contributed by atoms with Crippen molar-refractivity contribution in [3.8, 4) is 5.75 Å². The predicted molar refractivity (Wildman–Crippen MR) is 96.1 cm³/mol. The van der Waals surface area contributed by atoms with E-state index in [-0.39, 0.29) is 5.91 Å². The average molecular weight is 374 g/mol. The molecule has 0 heterocycles. The molecule has 0 bridgehead atoms. The van der Waals surface area contributed by atoms with E-state index >= 15 is 0 Å². The maximum atomic E-state index is 12.3. The van der Waals surface area contributed by atoms with Gasteiger partial charge in [0, 0.05) is 5.56 Å². The van der Waals surface area contributed by atoms with Gasteiger partial charge in [-0.05, 0) is 36.8 Å². The topological polar surface area (TPSA) is 64.3 Å². The second-order valence-electron chi connectivity index (χ2n) is 4.80. The number of halogens is 3. The summed E-state index contributed by atoms with van der Waals surface area (Å²) in [6, 6.07) is 7.80. The van der Waals surface area contributed by atoms with Crippen LogP contribution in [0, 0.1) is 0 Å². The molecular formula is C16H15Cl3N2O2. The van der Waals surface area contributed by atoms with Crippen LogP contribution in [0.4, 0.5) is 11.4 Å². The zero-order chi connectivity index (χ0) is 17.0. The molecule has 0 radical (unpaired) electrons. The van der Waals surface area contributed by atoms with Gasteiger partial charge < -0.3 is 15.8 Å². The molecule has 0 spiro atoms. The van der Waals surface area contributed by atoms with Crippen molar-refractivity contribution < 1.29 is 9.53 Å². The molecule has 3 N–H and O–H groups in total. The Morgan fingerprint density at radius 2 is 1.83 bits per heavy atom. The van der Waals surface area contributed by atoms with Crippen LogP contribution in [0.1, 0.15) is 23.7 Å². The van der Waals surface area contributed by atoms with Gasteiger partial charge in [0.25, 0.3) is 5.91 Å². The van der Waals surface area contributed by atoms with Crippen molar-refractivity contribution >= 4 is 52.1 Å². The molecular weight excluding hydrogens is 359 g/mol. The van der Waals surface area contributed by atoms with Crippen LogP contribution in [0.3, 0.4) is 0 Å². The number of benzene rings is 2. The highest BCUT2D eigenvalue weighted by molar-refractivity contribution is 6.44. The highest BCUT2D eigenvalue weighted by Gasteiger charge is 2.12. The van der Waals surface area contributed by atoms with Crippen LogP contribution in [-0.2, 0) is 0 Å². The Labute approximate surface area is 149 Å². The quantitative estimate of drug-likeness (QED) is 0.554. The zero-order valence-corrected chi connectivity index (χ0v) is 14.6. The minimum atomic E-state index is -0.362. The number of ether oxygens (including phenoxy) is 1. The lowest BCUT2D eigenvalue weighted by atomic mass is 10.1. The fourth-order valence-electron chi connectivity index (χ4n) is 1.85. The number of nitrogens with two attached hydrogens (primary N) is 1. The van der Waals surface area contributed by atoms with E-state index in [0.717, 1.165) is 6.42 Å². The second kappa shape index (κ2) is 7.77. The molecule has 2 rings (SSSR count). The van der Waals surface area contributed by atoms with Gasteiger partial charge in [0.05, 0.1) is 33.0 Å². The van der Waals surface area contributed by atoms with E-state index in [1.807, 2.05) is 6.92 Å². The minimum Gasteiger partial charge on any atom is -0.491 e. The molecule has 0 aliphatic heterocycles. The molecule has 0 aliphatic carbocycles. The Bertz CT molecular complexity index is 736. The van der Waals surface area contributed by atoms with Crippen molar-refractivity contribution in [1.82, 2.24) is 0 Å². The molecule has 23 heavy (non-hydrogen) atoms. The van der Waals surface area contributed by atoms with Gasteiger partial charge in [-0.25, -0.2) is 0 Å². The maximum absolute atomic E-state index is 12.3. The Morgan fingerprint density at radius 1 is 1.13 bits per heavy atom. The summed E-state index contributed by atoms with van der Waals surface area (Å²) in [5, 5.41) is 3.59. The molecule has 0 fully saturated rings. The molecule has 0 saturated carbocycles. The molecule has 2 aromatic rings. The molecule has 0 saturated heterocycles. The highest BCUT2D eigenvalue weighted by atomic mass is 35.5. The number of rotatable bonds is 5. The van der Waals surface area contributed by atoms with E-state index in [1.54, 1.807) is 18.2 Å². The summed E-state index contributed by atoms with van der Waals surface area (Å²) in [7, 11) is 0. The van der Waals surface area contributed by atoms with Crippen LogP contribution in [0.2, 0.25) is 15.1 Å². The zero-order valence-electron chi connectivity index (χ0n) is 12.3. The van der Waals surface area contributed by atoms with Crippen molar-refractivity contribution in [3.05, 3.63) is 51.0 Å². The van der Waals surface area contributed by atoms with E-state index in [9.17, 15) is 4.79 Å². The number of anilines is 2. The van der Waals surface area contributed by atoms with Gasteiger partial charge in [-0.2, -0.15) is 0 Å². The van der Waals surface area contributed by atoms with E-state index in [0.29, 0.717) is 44.4 Å². The third kappa shape index (κ3) is 4.44. The number of hydrogen-bond acceptors (Lipinski definition) is 3. The molecule has 0 unspecified atom stereocenters. The second-order valence-corrected chi connectivity index (χ2v) is 6.02. The number of amides is 1. The molecule has 122 valence electrons. The molecule has 2 aromatic carbocycles. The molecule has 0 aliphatic rings. The van der Waals surface area contributed by atoms with Crippen LogP contribution in [0.15, 0.2) is 30.3 Å². The Hall–Kier alpha value is -1.62. The predicted octanol–water partition coefficient (Wildman–Crippen LogP) is 5.27. The Morgan fingerprint density at radius 3 is 2.48 bits per heavy atom. The summed E-state index contributed by atoms with van der Waals surface area (Å²) in [6.45, 7) is 2.56. The third-order valence-electron chi connectivity index (χ3n) is 2.99. The lowest BCUT2D eigenvalue weighted by molar-refractivity contribution is 0.102. The fraction of sp³-hybridized carbons (Fsp3) is 0.188. The van der Waals surface area contributed by atoms with Crippen molar-refractivity contribution in [2.45, 2.75) is 13.3 Å². The molecule has 0 aromatic heterocycles. The summed E-state index contributed by atoms with van der Waals surface area (Å²) in [5.41, 5.74) is 7.05. The van der Waals surface area contributed by atoms with Crippen LogP contribution in [0.25, 0.3) is 0 Å². The number of nitrogens with one attached hydrogen (secondary N) is 1. The Kier molecular flexibility index (Phi) is 5.99. The van der Waals surface area contributed by atoms with Gasteiger partial charge in [0.1, 0.15) is 5.75 Å². The van der Waals surface area contributed by atoms with E-state index in [4.69, 9.17) is 45.3 Å². The standard InChI is InChI=1S/C16H15Cl3N2O2/c1-2-5-23-15-4-3-9(6-13(15)20)16(22)21-14-8-11(18)10(17)7-12(14)19/h3-4,6-8H,2,5,20H2,1H3,(H,21,22). The van der Waals surface area contributed by atoms with Crippen LogP contribution in [0.5, 0.6) is 5.75 Å². The molecule has 7 heteroatoms. The van der Waals surface area contributed by atoms with Gasteiger partial charge in [-0.1, -0.05) is 41.7 Å². The summed E-state index contributed by atoms with van der Waals surface area (Å²) in [6.07, 6.45) is 0.873. The van der Waals surface area contributed by atoms with Crippen molar-refractivity contribution in [3.63, 3.8) is 0 Å². The largest absolute Gasteiger partial charge is 0.491 e. The van der Waals surface area contributed by atoms with Crippen molar-refractivity contribution in [2.24, 2.45) is 0 Å². The molecule has 4 nitrogen and oxygen atoms in total. The lowest BCUT2D eigenvalue weighted by Crippen LogP contribution is -2.13. The first-order valence-corrected chi connectivity index (χ1v) is 8.04. The SMILES string of the molecule is CCCOc1ccc(C(=O)Nc2cc(Cl)c(Cl)cc2Cl)cc1N. The number of carbonyl (C=O) groups is 1. The smallest absolute Gasteiger partial charge is 0.255 e. The minimum absolute atomic E-state index is 0.295. The molecule has 1 amide bonds. The van der Waals surface area contributed by atoms with Crippen molar-refractivity contribution in [1.29, 1.82) is 0 Å². The monoisotopic (exact) mass is 372 g/mol. The van der Waals surface area contributed by atoms with Crippen LogP contribution in [-0.4, -0.2) is 12.5 Å². The normalized spacial score (nSPS) is 10.4. The highest BCUT2D eigenvalue weighted by Crippen LogP contribution is 2.32. The first-order valence-electron chi connectivity index (χ1n) is 6.90. The average Bonchev–Trinajstić information content (AvgIpc) is 2.51. The lowest BCUT2D eigenvalue weighted by Gasteiger charge is -2.11. The van der Waals surface area contributed by atoms with Crippen LogP contribution >= 0.6 is 34.8 Å². The number of nitrogen functional groups attached to an aromatic ring is 1. The van der Waals surface area contributed by atoms with E-state index < -0.39 is 0 Å². The summed E-state index contributed by atoms with van der Waals surface area (Å²) in [5.74, 6) is 0.190. The van der Waals surface area contributed by atoms with Crippen LogP contribution < -0.4 is 15.8 Å². The fourth-order valence-corrected chi connectivity index (χ4v) is 2.44. The van der Waals surface area contributed by atoms with E-state index in [2.05, 4.69) is 5.32 Å². The summed E-state index contributed by atoms with van der Waals surface area (Å²) in [4.78, 5) is 12.3. The summed E-state index contributed by atoms with van der Waals surface area (Å²) >= 11 is 17.8. The van der Waals surface area contributed by atoms with Gasteiger partial charge >= 0.3 is 0 Å². The number of hydrogen-bond donors (Lipinski definition) is 2.